The fourth-order valence-corrected chi connectivity index (χ4v) is 8.51. The number of pyridine rings is 1. The van der Waals surface area contributed by atoms with E-state index in [2.05, 4.69) is 37.2 Å². The number of amides is 2. The predicted octanol–water partition coefficient (Wildman–Crippen LogP) is 7.12. The summed E-state index contributed by atoms with van der Waals surface area (Å²) in [5.41, 5.74) is 6.49. The van der Waals surface area contributed by atoms with Gasteiger partial charge in [-0.3, -0.25) is 14.6 Å². The lowest BCUT2D eigenvalue weighted by Crippen LogP contribution is -2.55. The second-order valence-corrected chi connectivity index (χ2v) is 14.3. The van der Waals surface area contributed by atoms with Gasteiger partial charge in [-0.05, 0) is 92.0 Å². The Hall–Kier alpha value is -4.96. The minimum Gasteiger partial charge on any atom is -0.478 e. The Morgan fingerprint density at radius 2 is 1.69 bits per heavy atom. The number of fused-ring (bicyclic) bond motifs is 5. The summed E-state index contributed by atoms with van der Waals surface area (Å²) in [5, 5.41) is 26.2. The van der Waals surface area contributed by atoms with Crippen molar-refractivity contribution in [3.8, 4) is 11.3 Å². The van der Waals surface area contributed by atoms with Gasteiger partial charge in [-0.2, -0.15) is 0 Å². The number of carbonyl (C=O) groups excluding carboxylic acids is 2. The third-order valence-corrected chi connectivity index (χ3v) is 11.0. The van der Waals surface area contributed by atoms with Crippen LogP contribution in [0.5, 0.6) is 0 Å². The minimum absolute atomic E-state index is 0.0801. The van der Waals surface area contributed by atoms with Crippen LogP contribution in [0.25, 0.3) is 28.2 Å². The molecule has 2 saturated carbocycles. The molecule has 4 aromatic rings. The maximum atomic E-state index is 14.1. The molecular formula is C41H47N5O5. The van der Waals surface area contributed by atoms with Gasteiger partial charge in [0.05, 0.1) is 12.3 Å². The third-order valence-electron chi connectivity index (χ3n) is 11.0. The molecule has 10 heteroatoms. The molecule has 0 spiro atoms. The van der Waals surface area contributed by atoms with Crippen molar-refractivity contribution in [3.63, 3.8) is 0 Å². The summed E-state index contributed by atoms with van der Waals surface area (Å²) in [6, 6.07) is 15.1. The summed E-state index contributed by atoms with van der Waals surface area (Å²) in [7, 11) is 0. The van der Waals surface area contributed by atoms with Crippen molar-refractivity contribution in [2.24, 2.45) is 0 Å². The number of carboxylic acid groups (broad SMARTS) is 1. The summed E-state index contributed by atoms with van der Waals surface area (Å²) in [6.07, 6.45) is 17.0. The van der Waals surface area contributed by atoms with Crippen LogP contribution in [0.4, 0.5) is 11.4 Å². The second-order valence-electron chi connectivity index (χ2n) is 14.3. The van der Waals surface area contributed by atoms with Crippen molar-refractivity contribution in [2.45, 2.75) is 88.6 Å². The first-order valence-electron chi connectivity index (χ1n) is 18.5. The monoisotopic (exact) mass is 689 g/mol. The van der Waals surface area contributed by atoms with Gasteiger partial charge < -0.3 is 30.3 Å². The fourth-order valence-electron chi connectivity index (χ4n) is 8.51. The molecule has 4 N–H and O–H groups in total. The summed E-state index contributed by atoms with van der Waals surface area (Å²) >= 11 is 0. The fraction of sp³-hybridized carbons (Fsp3) is 0.415. The van der Waals surface area contributed by atoms with Crippen molar-refractivity contribution >= 4 is 46.1 Å². The smallest absolute Gasteiger partial charge is 0.328 e. The average molecular weight is 690 g/mol. The van der Waals surface area contributed by atoms with Crippen LogP contribution in [0.3, 0.4) is 0 Å². The number of carboxylic acids is 1. The lowest BCUT2D eigenvalue weighted by Gasteiger charge is -2.29. The molecule has 3 aliphatic rings. The molecule has 2 fully saturated rings. The Balaban J connectivity index is 1.23. The van der Waals surface area contributed by atoms with Crippen LogP contribution in [-0.2, 0) is 16.1 Å². The highest BCUT2D eigenvalue weighted by atomic mass is 16.4. The highest BCUT2D eigenvalue weighted by molar-refractivity contribution is 6.06. The van der Waals surface area contributed by atoms with E-state index in [1.165, 1.54) is 42.0 Å². The maximum Gasteiger partial charge on any atom is 0.328 e. The number of nitrogens with one attached hydrogen (secondary N) is 2. The number of carbonyl (C=O) groups is 3. The van der Waals surface area contributed by atoms with Crippen molar-refractivity contribution in [1.29, 1.82) is 0 Å². The highest BCUT2D eigenvalue weighted by Crippen LogP contribution is 2.47. The zero-order valence-electron chi connectivity index (χ0n) is 29.1. The molecule has 0 unspecified atom stereocenters. The summed E-state index contributed by atoms with van der Waals surface area (Å²) in [6.45, 7) is 2.30. The third kappa shape index (κ3) is 7.15. The van der Waals surface area contributed by atoms with Crippen molar-refractivity contribution < 1.29 is 24.6 Å². The molecule has 2 aliphatic carbocycles. The molecule has 0 bridgehead atoms. The Bertz CT molecular complexity index is 1940. The van der Waals surface area contributed by atoms with Crippen molar-refractivity contribution in [2.75, 3.05) is 29.9 Å². The predicted molar refractivity (Wildman–Crippen MR) is 200 cm³/mol. The first kappa shape index (κ1) is 34.5. The number of benzene rings is 2. The molecule has 3 heterocycles. The number of aliphatic carboxylic acids is 1. The highest BCUT2D eigenvalue weighted by Gasteiger charge is 2.43. The number of β-amino-alcohol motifs (C(OH)–C–C–N with tert-alkyl or cyclic N) is 1. The quantitative estimate of drug-likeness (QED) is 0.137. The number of nitrogens with zero attached hydrogens (tertiary/aromatic N) is 3. The molecule has 1 aliphatic heterocycles. The SMILES string of the molecule is O=C(O)/C=C/c1ccc(NC(=O)C2(NC(=O)c3ccc4c(C5CCCCC5)c5n(c4c3)CCCCN(CCO)c3ccncc3-5)CCCC2)cc1. The van der Waals surface area contributed by atoms with Gasteiger partial charge in [0.1, 0.15) is 5.54 Å². The van der Waals surface area contributed by atoms with Crippen LogP contribution in [0.15, 0.2) is 67.0 Å². The number of hydrogen-bond acceptors (Lipinski definition) is 6. The normalized spacial score (nSPS) is 17.7. The summed E-state index contributed by atoms with van der Waals surface area (Å²) in [5.74, 6) is -1.13. The Morgan fingerprint density at radius 1 is 0.922 bits per heavy atom. The molecule has 2 aromatic carbocycles. The topological polar surface area (TPSA) is 137 Å². The van der Waals surface area contributed by atoms with Crippen LogP contribution < -0.4 is 15.5 Å². The van der Waals surface area contributed by atoms with E-state index in [1.807, 2.05) is 24.5 Å². The molecular weight excluding hydrogens is 642 g/mol. The minimum atomic E-state index is -1.03. The van der Waals surface area contributed by atoms with Crippen LogP contribution >= 0.6 is 0 Å². The van der Waals surface area contributed by atoms with Gasteiger partial charge in [-0.1, -0.05) is 50.3 Å². The van der Waals surface area contributed by atoms with E-state index >= 15 is 0 Å². The van der Waals surface area contributed by atoms with Crippen LogP contribution in [0.1, 0.15) is 98.0 Å². The van der Waals surface area contributed by atoms with E-state index in [9.17, 15) is 19.5 Å². The van der Waals surface area contributed by atoms with Gasteiger partial charge in [-0.25, -0.2) is 4.79 Å². The standard InChI is InChI=1S/C41H47N5O5/c47-25-24-45-22-6-7-23-46-35-26-30(13-16-32(35)37(29-8-2-1-3-9-29)38(46)33-27-42-21-18-34(33)45)39(50)44-41(19-4-5-20-41)40(51)43-31-14-10-28(11-15-31)12-17-36(48)49/h10-18,21,26-27,29,47H,1-9,19-20,22-25H2,(H,43,51)(H,44,50)(H,48,49)/b17-12+. The van der Waals surface area contributed by atoms with Crippen molar-refractivity contribution in [3.05, 3.63) is 83.7 Å². The van der Waals surface area contributed by atoms with Gasteiger partial charge in [0, 0.05) is 71.5 Å². The summed E-state index contributed by atoms with van der Waals surface area (Å²) in [4.78, 5) is 45.7. The molecule has 7 rings (SSSR count). The lowest BCUT2D eigenvalue weighted by molar-refractivity contribution is -0.131. The van der Waals surface area contributed by atoms with E-state index in [-0.39, 0.29) is 18.4 Å². The zero-order valence-corrected chi connectivity index (χ0v) is 29.1. The maximum absolute atomic E-state index is 14.1. The lowest BCUT2D eigenvalue weighted by atomic mass is 9.81. The Kier molecular flexibility index (Phi) is 10.2. The largest absolute Gasteiger partial charge is 0.478 e. The van der Waals surface area contributed by atoms with Gasteiger partial charge in [0.25, 0.3) is 5.91 Å². The van der Waals surface area contributed by atoms with Crippen LogP contribution in [0, 0.1) is 0 Å². The molecule has 2 amide bonds. The average Bonchev–Trinajstić information content (AvgIpc) is 3.77. The van der Waals surface area contributed by atoms with Crippen LogP contribution in [-0.4, -0.2) is 62.8 Å². The second kappa shape index (κ2) is 15.1. The number of aromatic nitrogens is 2. The number of aliphatic hydroxyl groups excluding tert-OH is 1. The molecule has 2 aromatic heterocycles. The first-order valence-corrected chi connectivity index (χ1v) is 18.5. The van der Waals surface area contributed by atoms with Gasteiger partial charge in [0.15, 0.2) is 0 Å². The number of rotatable bonds is 9. The van der Waals surface area contributed by atoms with Gasteiger partial charge >= 0.3 is 5.97 Å². The first-order chi connectivity index (χ1) is 24.9. The van der Waals surface area contributed by atoms with E-state index in [0.29, 0.717) is 42.1 Å². The van der Waals surface area contributed by atoms with Gasteiger partial charge in [0.2, 0.25) is 5.91 Å². The van der Waals surface area contributed by atoms with E-state index in [0.717, 1.165) is 74.5 Å². The number of anilines is 2. The molecule has 266 valence electrons. The molecule has 10 nitrogen and oxygen atoms in total. The summed E-state index contributed by atoms with van der Waals surface area (Å²) < 4.78 is 2.41. The molecule has 0 radical (unpaired) electrons. The van der Waals surface area contributed by atoms with Crippen LogP contribution in [0.2, 0.25) is 0 Å². The Morgan fingerprint density at radius 3 is 2.43 bits per heavy atom. The number of hydrogen-bond donors (Lipinski definition) is 4. The number of aliphatic hydroxyl groups is 1. The number of aryl methyl sites for hydroxylation is 1. The molecule has 0 saturated heterocycles. The molecule has 51 heavy (non-hydrogen) atoms. The Labute approximate surface area is 298 Å². The van der Waals surface area contributed by atoms with Gasteiger partial charge in [-0.15, -0.1) is 0 Å². The van der Waals surface area contributed by atoms with Crippen molar-refractivity contribution in [1.82, 2.24) is 14.9 Å². The zero-order chi connectivity index (χ0) is 35.4. The molecule has 0 atom stereocenters. The van der Waals surface area contributed by atoms with E-state index < -0.39 is 11.5 Å². The van der Waals surface area contributed by atoms with E-state index in [1.54, 1.807) is 24.3 Å². The van der Waals surface area contributed by atoms with E-state index in [4.69, 9.17) is 5.11 Å².